The van der Waals surface area contributed by atoms with Gasteiger partial charge in [-0.3, -0.25) is 10.00 Å². The zero-order valence-corrected chi connectivity index (χ0v) is 14.1. The summed E-state index contributed by atoms with van der Waals surface area (Å²) in [6.07, 6.45) is 4.21. The van der Waals surface area contributed by atoms with Crippen LogP contribution in [-0.2, 0) is 11.3 Å². The van der Waals surface area contributed by atoms with Crippen molar-refractivity contribution in [2.24, 2.45) is 5.92 Å². The molecular formula is C17H23N5O2. The molecule has 0 bridgehead atoms. The van der Waals surface area contributed by atoms with E-state index in [1.165, 1.54) is 0 Å². The van der Waals surface area contributed by atoms with Gasteiger partial charge in [-0.2, -0.15) is 5.10 Å². The highest BCUT2D eigenvalue weighted by Gasteiger charge is 2.41. The Bertz CT molecular complexity index is 704. The second-order valence-electron chi connectivity index (χ2n) is 6.63. The summed E-state index contributed by atoms with van der Waals surface area (Å²) in [6.45, 7) is 4.76. The summed E-state index contributed by atoms with van der Waals surface area (Å²) >= 11 is 0. The number of ether oxygens (including phenoxy) is 2. The smallest absolute Gasteiger partial charge is 0.217 e. The van der Waals surface area contributed by atoms with Crippen LogP contribution in [0.25, 0.3) is 0 Å². The average molecular weight is 329 g/mol. The number of fused-ring (bicyclic) bond motifs is 1. The number of aromatic nitrogens is 4. The number of nitrogens with one attached hydrogen (secondary N) is 1. The normalized spacial score (nSPS) is 27.2. The van der Waals surface area contributed by atoms with Crippen molar-refractivity contribution in [2.45, 2.75) is 38.5 Å². The van der Waals surface area contributed by atoms with Crippen LogP contribution in [-0.4, -0.2) is 51.4 Å². The minimum absolute atomic E-state index is 0.0258. The third kappa shape index (κ3) is 3.01. The predicted molar refractivity (Wildman–Crippen MR) is 87.5 cm³/mol. The Morgan fingerprint density at radius 3 is 3.17 bits per heavy atom. The van der Waals surface area contributed by atoms with Crippen molar-refractivity contribution in [3.63, 3.8) is 0 Å². The van der Waals surface area contributed by atoms with E-state index in [0.717, 1.165) is 49.7 Å². The summed E-state index contributed by atoms with van der Waals surface area (Å²) in [4.78, 5) is 11.1. The fourth-order valence-electron chi connectivity index (χ4n) is 3.78. The second-order valence-corrected chi connectivity index (χ2v) is 6.63. The van der Waals surface area contributed by atoms with E-state index in [2.05, 4.69) is 31.1 Å². The molecule has 7 nitrogen and oxygen atoms in total. The molecule has 0 amide bonds. The first-order chi connectivity index (χ1) is 11.7. The molecule has 0 unspecified atom stereocenters. The van der Waals surface area contributed by atoms with Gasteiger partial charge < -0.3 is 9.47 Å². The van der Waals surface area contributed by atoms with Gasteiger partial charge in [-0.15, -0.1) is 0 Å². The Balaban J connectivity index is 1.41. The van der Waals surface area contributed by atoms with Crippen LogP contribution in [0, 0.1) is 12.8 Å². The van der Waals surface area contributed by atoms with Crippen LogP contribution in [0.2, 0.25) is 0 Å². The fraction of sp³-hybridized carbons (Fsp3) is 0.588. The number of likely N-dealkylation sites (tertiary alicyclic amines) is 1. The maximum Gasteiger partial charge on any atom is 0.217 e. The number of aromatic amines is 1. The van der Waals surface area contributed by atoms with Crippen LogP contribution in [0.4, 0.5) is 0 Å². The van der Waals surface area contributed by atoms with E-state index in [1.54, 1.807) is 13.3 Å². The molecule has 0 saturated carbocycles. The minimum Gasteiger partial charge on any atom is -0.481 e. The number of methoxy groups -OCH3 is 1. The minimum atomic E-state index is 0.0258. The van der Waals surface area contributed by atoms with Gasteiger partial charge in [-0.25, -0.2) is 9.97 Å². The van der Waals surface area contributed by atoms with Crippen molar-refractivity contribution < 1.29 is 9.47 Å². The monoisotopic (exact) mass is 329 g/mol. The van der Waals surface area contributed by atoms with E-state index in [4.69, 9.17) is 9.47 Å². The number of rotatable bonds is 4. The lowest BCUT2D eigenvalue weighted by Crippen LogP contribution is -2.41. The standard InChI is InChI=1S/C17H23N5O2/c1-11-19-16(21-20-11)14-8-12-5-7-22(10-15(12)24-14)9-13-4-3-6-18-17(13)23-2/h3-4,6,12,14-15H,5,7-10H2,1-2H3,(H,19,20,21)/t12-,14-,15+/m1/s1. The molecule has 128 valence electrons. The summed E-state index contributed by atoms with van der Waals surface area (Å²) in [5.74, 6) is 2.94. The molecule has 7 heteroatoms. The number of piperidine rings is 1. The van der Waals surface area contributed by atoms with Crippen molar-refractivity contribution in [3.8, 4) is 5.88 Å². The van der Waals surface area contributed by atoms with Crippen molar-refractivity contribution in [1.29, 1.82) is 0 Å². The maximum atomic E-state index is 6.26. The number of hydrogen-bond acceptors (Lipinski definition) is 6. The van der Waals surface area contributed by atoms with E-state index in [-0.39, 0.29) is 12.2 Å². The molecular weight excluding hydrogens is 306 g/mol. The van der Waals surface area contributed by atoms with Gasteiger partial charge in [0.05, 0.1) is 13.2 Å². The van der Waals surface area contributed by atoms with E-state index in [0.29, 0.717) is 11.8 Å². The fourth-order valence-corrected chi connectivity index (χ4v) is 3.78. The summed E-state index contributed by atoms with van der Waals surface area (Å²) in [5.41, 5.74) is 1.12. The van der Waals surface area contributed by atoms with E-state index < -0.39 is 0 Å². The number of nitrogens with zero attached hydrogens (tertiary/aromatic N) is 4. The Morgan fingerprint density at radius 2 is 2.38 bits per heavy atom. The zero-order valence-electron chi connectivity index (χ0n) is 14.1. The lowest BCUT2D eigenvalue weighted by atomic mass is 9.91. The van der Waals surface area contributed by atoms with E-state index in [9.17, 15) is 0 Å². The molecule has 4 rings (SSSR count). The summed E-state index contributed by atoms with van der Waals surface area (Å²) in [7, 11) is 1.67. The van der Waals surface area contributed by atoms with Gasteiger partial charge in [0.1, 0.15) is 11.9 Å². The maximum absolute atomic E-state index is 6.26. The van der Waals surface area contributed by atoms with Gasteiger partial charge in [-0.1, -0.05) is 6.07 Å². The molecule has 0 aliphatic carbocycles. The van der Waals surface area contributed by atoms with Crippen LogP contribution >= 0.6 is 0 Å². The number of hydrogen-bond donors (Lipinski definition) is 1. The van der Waals surface area contributed by atoms with Crippen molar-refractivity contribution in [2.75, 3.05) is 20.2 Å². The first-order valence-electron chi connectivity index (χ1n) is 8.47. The molecule has 3 atom stereocenters. The molecule has 0 aromatic carbocycles. The second kappa shape index (κ2) is 6.49. The van der Waals surface area contributed by atoms with Gasteiger partial charge in [-0.05, 0) is 38.3 Å². The quantitative estimate of drug-likeness (QED) is 0.923. The Labute approximate surface area is 141 Å². The molecule has 24 heavy (non-hydrogen) atoms. The number of aryl methyl sites for hydroxylation is 1. The Kier molecular flexibility index (Phi) is 4.20. The van der Waals surface area contributed by atoms with Gasteiger partial charge in [0.15, 0.2) is 5.82 Å². The van der Waals surface area contributed by atoms with Crippen LogP contribution in [0.5, 0.6) is 5.88 Å². The zero-order chi connectivity index (χ0) is 16.5. The topological polar surface area (TPSA) is 76.2 Å². The molecule has 2 aliphatic rings. The first kappa shape index (κ1) is 15.5. The Morgan fingerprint density at radius 1 is 1.46 bits per heavy atom. The molecule has 2 aliphatic heterocycles. The molecule has 2 fully saturated rings. The highest BCUT2D eigenvalue weighted by molar-refractivity contribution is 5.25. The van der Waals surface area contributed by atoms with Crippen LogP contribution < -0.4 is 4.74 Å². The lowest BCUT2D eigenvalue weighted by Gasteiger charge is -2.34. The largest absolute Gasteiger partial charge is 0.481 e. The molecule has 2 saturated heterocycles. The molecule has 0 radical (unpaired) electrons. The van der Waals surface area contributed by atoms with Crippen LogP contribution in [0.15, 0.2) is 18.3 Å². The molecule has 0 spiro atoms. The van der Waals surface area contributed by atoms with Crippen LogP contribution in [0.1, 0.15) is 36.2 Å². The molecule has 4 heterocycles. The Hall–Kier alpha value is -1.99. The van der Waals surface area contributed by atoms with Gasteiger partial charge in [0.25, 0.3) is 0 Å². The van der Waals surface area contributed by atoms with Gasteiger partial charge >= 0.3 is 0 Å². The van der Waals surface area contributed by atoms with Crippen molar-refractivity contribution >= 4 is 0 Å². The third-order valence-electron chi connectivity index (χ3n) is 4.98. The summed E-state index contributed by atoms with van der Waals surface area (Å²) in [5, 5.41) is 7.17. The summed E-state index contributed by atoms with van der Waals surface area (Å²) < 4.78 is 11.6. The van der Waals surface area contributed by atoms with E-state index >= 15 is 0 Å². The van der Waals surface area contributed by atoms with Crippen LogP contribution in [0.3, 0.4) is 0 Å². The number of pyridine rings is 1. The summed E-state index contributed by atoms with van der Waals surface area (Å²) in [6, 6.07) is 4.03. The SMILES string of the molecule is COc1ncccc1CN1CC[C@@H]2C[C@H](c3n[nH]c(C)n3)O[C@H]2C1. The van der Waals surface area contributed by atoms with Gasteiger partial charge in [0, 0.05) is 24.8 Å². The lowest BCUT2D eigenvalue weighted by molar-refractivity contribution is -0.0121. The first-order valence-corrected chi connectivity index (χ1v) is 8.47. The van der Waals surface area contributed by atoms with Gasteiger partial charge in [0.2, 0.25) is 5.88 Å². The predicted octanol–water partition coefficient (Wildman–Crippen LogP) is 1.87. The molecule has 2 aromatic rings. The van der Waals surface area contributed by atoms with Crippen molar-refractivity contribution in [1.82, 2.24) is 25.1 Å². The highest BCUT2D eigenvalue weighted by atomic mass is 16.5. The third-order valence-corrected chi connectivity index (χ3v) is 4.98. The molecule has 2 aromatic heterocycles. The highest BCUT2D eigenvalue weighted by Crippen LogP contribution is 2.40. The van der Waals surface area contributed by atoms with E-state index in [1.807, 2.05) is 13.0 Å². The van der Waals surface area contributed by atoms with Crippen molar-refractivity contribution in [3.05, 3.63) is 35.5 Å². The molecule has 1 N–H and O–H groups in total. The average Bonchev–Trinajstić information content (AvgIpc) is 3.21. The number of H-pyrrole nitrogens is 1.